The molecule has 1 aliphatic heterocycles. The zero-order chi connectivity index (χ0) is 14.5. The van der Waals surface area contributed by atoms with Crippen molar-refractivity contribution in [1.82, 2.24) is 0 Å². The Kier molecular flexibility index (Phi) is 4.92. The summed E-state index contributed by atoms with van der Waals surface area (Å²) < 4.78 is 10.3. The van der Waals surface area contributed by atoms with Gasteiger partial charge in [-0.3, -0.25) is 4.79 Å². The predicted octanol–water partition coefficient (Wildman–Crippen LogP) is 1.09. The second-order valence-electron chi connectivity index (χ2n) is 4.60. The number of esters is 1. The fraction of sp³-hybridized carbons (Fsp3) is 0.429. The molecule has 20 heavy (non-hydrogen) atoms. The number of thiocarbonyl (C=S) groups is 1. The Morgan fingerprint density at radius 2 is 2.30 bits per heavy atom. The molecule has 1 atom stereocenters. The largest absolute Gasteiger partial charge is 0.469 e. The van der Waals surface area contributed by atoms with Crippen molar-refractivity contribution in [2.24, 2.45) is 5.73 Å². The molecule has 1 unspecified atom stereocenters. The first-order valence-corrected chi connectivity index (χ1v) is 6.85. The Morgan fingerprint density at radius 3 is 3.00 bits per heavy atom. The van der Waals surface area contributed by atoms with Gasteiger partial charge in [-0.05, 0) is 12.1 Å². The molecule has 0 bridgehead atoms. The molecule has 1 aromatic rings. The maximum atomic E-state index is 11.3. The van der Waals surface area contributed by atoms with Crippen molar-refractivity contribution in [2.75, 3.05) is 31.7 Å². The van der Waals surface area contributed by atoms with E-state index in [-0.39, 0.29) is 18.5 Å². The minimum atomic E-state index is -0.264. The van der Waals surface area contributed by atoms with Gasteiger partial charge in [-0.25, -0.2) is 0 Å². The van der Waals surface area contributed by atoms with Crippen molar-refractivity contribution in [3.8, 4) is 0 Å². The van der Waals surface area contributed by atoms with Crippen LogP contribution in [0.3, 0.4) is 0 Å². The van der Waals surface area contributed by atoms with Gasteiger partial charge in [-0.15, -0.1) is 0 Å². The van der Waals surface area contributed by atoms with Crippen LogP contribution in [0.2, 0.25) is 0 Å². The van der Waals surface area contributed by atoms with Crippen LogP contribution in [0.5, 0.6) is 0 Å². The molecule has 1 aliphatic rings. The lowest BCUT2D eigenvalue weighted by molar-refractivity contribution is -0.144. The van der Waals surface area contributed by atoms with Crippen LogP contribution in [-0.2, 0) is 14.3 Å². The summed E-state index contributed by atoms with van der Waals surface area (Å²) in [5, 5.41) is 0. The third kappa shape index (κ3) is 3.46. The highest BCUT2D eigenvalue weighted by atomic mass is 32.1. The number of hydrogen-bond donors (Lipinski definition) is 1. The Morgan fingerprint density at radius 1 is 1.55 bits per heavy atom. The van der Waals surface area contributed by atoms with Gasteiger partial charge in [0.2, 0.25) is 0 Å². The van der Waals surface area contributed by atoms with Crippen LogP contribution in [-0.4, -0.2) is 43.9 Å². The molecule has 1 heterocycles. The van der Waals surface area contributed by atoms with E-state index in [2.05, 4.69) is 9.64 Å². The number of carbonyl (C=O) groups excluding carboxylic acids is 1. The molecule has 0 radical (unpaired) electrons. The standard InChI is InChI=1S/C14H18N2O3S/c1-18-13(17)8-10-9-16(6-7-19-10)12-5-3-2-4-11(12)14(15)20/h2-5,10H,6-9H2,1H3,(H2,15,20). The van der Waals surface area contributed by atoms with Crippen molar-refractivity contribution in [3.05, 3.63) is 29.8 Å². The van der Waals surface area contributed by atoms with Gasteiger partial charge < -0.3 is 20.1 Å². The summed E-state index contributed by atoms with van der Waals surface area (Å²) in [5.41, 5.74) is 7.59. The van der Waals surface area contributed by atoms with Crippen LogP contribution < -0.4 is 10.6 Å². The highest BCUT2D eigenvalue weighted by Crippen LogP contribution is 2.23. The Hall–Kier alpha value is -1.66. The summed E-state index contributed by atoms with van der Waals surface area (Å²) in [5.74, 6) is -0.264. The second kappa shape index (κ2) is 6.67. The molecule has 1 saturated heterocycles. The maximum Gasteiger partial charge on any atom is 0.308 e. The van der Waals surface area contributed by atoms with Crippen molar-refractivity contribution >= 4 is 28.9 Å². The number of benzene rings is 1. The lowest BCUT2D eigenvalue weighted by Gasteiger charge is -2.35. The normalized spacial score (nSPS) is 18.6. The number of anilines is 1. The van der Waals surface area contributed by atoms with Gasteiger partial charge in [-0.2, -0.15) is 0 Å². The van der Waals surface area contributed by atoms with Gasteiger partial charge in [-0.1, -0.05) is 24.4 Å². The maximum absolute atomic E-state index is 11.3. The molecule has 0 amide bonds. The van der Waals surface area contributed by atoms with Crippen molar-refractivity contribution in [1.29, 1.82) is 0 Å². The van der Waals surface area contributed by atoms with Crippen LogP contribution in [0.1, 0.15) is 12.0 Å². The van der Waals surface area contributed by atoms with Crippen LogP contribution in [0.4, 0.5) is 5.69 Å². The van der Waals surface area contributed by atoms with E-state index in [1.54, 1.807) is 0 Å². The quantitative estimate of drug-likeness (QED) is 0.662. The molecule has 0 aromatic heterocycles. The monoisotopic (exact) mass is 294 g/mol. The van der Waals surface area contributed by atoms with E-state index in [9.17, 15) is 4.79 Å². The first-order chi connectivity index (χ1) is 9.61. The number of ether oxygens (including phenoxy) is 2. The molecule has 0 saturated carbocycles. The van der Waals surface area contributed by atoms with Crippen LogP contribution in [0, 0.1) is 0 Å². The van der Waals surface area contributed by atoms with Gasteiger partial charge in [0, 0.05) is 24.3 Å². The number of hydrogen-bond acceptors (Lipinski definition) is 5. The van der Waals surface area contributed by atoms with Gasteiger partial charge in [0.1, 0.15) is 4.99 Å². The minimum absolute atomic E-state index is 0.171. The summed E-state index contributed by atoms with van der Waals surface area (Å²) in [4.78, 5) is 13.9. The predicted molar refractivity (Wildman–Crippen MR) is 80.9 cm³/mol. The van der Waals surface area contributed by atoms with E-state index in [1.807, 2.05) is 24.3 Å². The molecule has 1 fully saturated rings. The first kappa shape index (κ1) is 14.7. The fourth-order valence-corrected chi connectivity index (χ4v) is 2.46. The summed E-state index contributed by atoms with van der Waals surface area (Å²) >= 11 is 5.08. The SMILES string of the molecule is COC(=O)CC1CN(c2ccccc2C(N)=S)CCO1. The first-order valence-electron chi connectivity index (χ1n) is 6.44. The van der Waals surface area contributed by atoms with E-state index in [0.717, 1.165) is 17.8 Å². The summed E-state index contributed by atoms with van der Waals surface area (Å²) in [6.45, 7) is 1.93. The number of carbonyl (C=O) groups is 1. The summed E-state index contributed by atoms with van der Waals surface area (Å²) in [6.07, 6.45) is 0.0815. The Bertz CT molecular complexity index is 507. The van der Waals surface area contributed by atoms with Gasteiger partial charge in [0.15, 0.2) is 0 Å². The average Bonchev–Trinajstić information content (AvgIpc) is 2.47. The molecule has 2 N–H and O–H groups in total. The van der Waals surface area contributed by atoms with Gasteiger partial charge in [0.25, 0.3) is 0 Å². The second-order valence-corrected chi connectivity index (χ2v) is 5.04. The molecule has 2 rings (SSSR count). The summed E-state index contributed by atoms with van der Waals surface area (Å²) in [7, 11) is 1.38. The van der Waals surface area contributed by atoms with Gasteiger partial charge in [0.05, 0.1) is 26.2 Å². The number of morpholine rings is 1. The van der Waals surface area contributed by atoms with Crippen molar-refractivity contribution in [3.63, 3.8) is 0 Å². The minimum Gasteiger partial charge on any atom is -0.469 e. The Balaban J connectivity index is 2.13. The van der Waals surface area contributed by atoms with Crippen LogP contribution in [0.15, 0.2) is 24.3 Å². The molecule has 5 nitrogen and oxygen atoms in total. The highest BCUT2D eigenvalue weighted by Gasteiger charge is 2.24. The van der Waals surface area contributed by atoms with E-state index < -0.39 is 0 Å². The lowest BCUT2D eigenvalue weighted by Crippen LogP contribution is -2.44. The van der Waals surface area contributed by atoms with E-state index in [4.69, 9.17) is 22.7 Å². The van der Waals surface area contributed by atoms with Crippen LogP contribution in [0.25, 0.3) is 0 Å². The third-order valence-corrected chi connectivity index (χ3v) is 3.49. The van der Waals surface area contributed by atoms with Crippen molar-refractivity contribution in [2.45, 2.75) is 12.5 Å². The van der Waals surface area contributed by atoms with Crippen LogP contribution >= 0.6 is 12.2 Å². The zero-order valence-corrected chi connectivity index (χ0v) is 12.2. The van der Waals surface area contributed by atoms with E-state index in [0.29, 0.717) is 18.1 Å². The smallest absolute Gasteiger partial charge is 0.308 e. The van der Waals surface area contributed by atoms with Gasteiger partial charge >= 0.3 is 5.97 Å². The van der Waals surface area contributed by atoms with E-state index >= 15 is 0 Å². The summed E-state index contributed by atoms with van der Waals surface area (Å²) in [6, 6.07) is 7.74. The fourth-order valence-electron chi connectivity index (χ4n) is 2.29. The highest BCUT2D eigenvalue weighted by molar-refractivity contribution is 7.80. The number of para-hydroxylation sites is 1. The zero-order valence-electron chi connectivity index (χ0n) is 11.4. The molecule has 108 valence electrons. The number of rotatable bonds is 4. The average molecular weight is 294 g/mol. The number of nitrogens with zero attached hydrogens (tertiary/aromatic N) is 1. The third-order valence-electron chi connectivity index (χ3n) is 3.27. The molecule has 0 aliphatic carbocycles. The molecule has 0 spiro atoms. The molecule has 1 aromatic carbocycles. The topological polar surface area (TPSA) is 64.8 Å². The van der Waals surface area contributed by atoms with Crippen molar-refractivity contribution < 1.29 is 14.3 Å². The molecular weight excluding hydrogens is 276 g/mol. The molecular formula is C14H18N2O3S. The number of nitrogens with two attached hydrogens (primary N) is 1. The molecule has 6 heteroatoms. The van der Waals surface area contributed by atoms with E-state index in [1.165, 1.54) is 7.11 Å². The Labute approximate surface area is 123 Å². The number of methoxy groups -OCH3 is 1. The lowest BCUT2D eigenvalue weighted by atomic mass is 10.1.